The lowest BCUT2D eigenvalue weighted by molar-refractivity contribution is 0.0732. The van der Waals surface area contributed by atoms with Gasteiger partial charge >= 0.3 is 0 Å². The number of nitrogens with zero attached hydrogens (tertiary/aromatic N) is 2. The molecular formula is C26H25N3O4S. The molecule has 0 saturated heterocycles. The number of amides is 1. The first kappa shape index (κ1) is 22.2. The van der Waals surface area contributed by atoms with Crippen LogP contribution in [-0.2, 0) is 16.4 Å². The number of hydrogen-bond acceptors (Lipinski definition) is 5. The summed E-state index contributed by atoms with van der Waals surface area (Å²) in [5, 5.41) is 0. The van der Waals surface area contributed by atoms with E-state index < -0.39 is 9.84 Å². The maximum absolute atomic E-state index is 13.4. The first-order valence-electron chi connectivity index (χ1n) is 11.0. The lowest BCUT2D eigenvalue weighted by Gasteiger charge is -2.21. The monoisotopic (exact) mass is 475 g/mol. The molecule has 1 aliphatic heterocycles. The molecule has 0 unspecified atom stereocenters. The number of aromatic amines is 1. The maximum Gasteiger partial charge on any atom is 0.254 e. The summed E-state index contributed by atoms with van der Waals surface area (Å²) in [7, 11) is -3.33. The fourth-order valence-corrected chi connectivity index (χ4v) is 5.05. The van der Waals surface area contributed by atoms with Crippen molar-refractivity contribution in [1.82, 2.24) is 14.9 Å². The summed E-state index contributed by atoms with van der Waals surface area (Å²) in [5.74, 6) is 1.49. The Morgan fingerprint density at radius 3 is 2.56 bits per heavy atom. The van der Waals surface area contributed by atoms with E-state index >= 15 is 0 Å². The van der Waals surface area contributed by atoms with Crippen molar-refractivity contribution in [1.29, 1.82) is 0 Å². The number of ether oxygens (including phenoxy) is 1. The minimum Gasteiger partial charge on any atom is -0.491 e. The third-order valence-electron chi connectivity index (χ3n) is 6.12. The summed E-state index contributed by atoms with van der Waals surface area (Å²) < 4.78 is 29.6. The van der Waals surface area contributed by atoms with Gasteiger partial charge in [-0.25, -0.2) is 13.4 Å². The third-order valence-corrected chi connectivity index (χ3v) is 7.23. The fourth-order valence-electron chi connectivity index (χ4n) is 4.34. The van der Waals surface area contributed by atoms with E-state index in [0.717, 1.165) is 45.6 Å². The molecule has 174 valence electrons. The van der Waals surface area contributed by atoms with Crippen LogP contribution in [0.4, 0.5) is 0 Å². The zero-order chi connectivity index (χ0) is 24.0. The van der Waals surface area contributed by atoms with E-state index in [4.69, 9.17) is 4.74 Å². The van der Waals surface area contributed by atoms with Gasteiger partial charge in [0.05, 0.1) is 22.5 Å². The molecule has 1 N–H and O–H groups in total. The van der Waals surface area contributed by atoms with Crippen molar-refractivity contribution in [3.8, 4) is 16.9 Å². The van der Waals surface area contributed by atoms with E-state index in [2.05, 4.69) is 22.1 Å². The molecule has 0 radical (unpaired) electrons. The van der Waals surface area contributed by atoms with Gasteiger partial charge in [-0.15, -0.1) is 0 Å². The second-order valence-corrected chi connectivity index (χ2v) is 10.7. The van der Waals surface area contributed by atoms with Crippen LogP contribution in [0.1, 0.15) is 27.3 Å². The predicted molar refractivity (Wildman–Crippen MR) is 131 cm³/mol. The lowest BCUT2D eigenvalue weighted by Crippen LogP contribution is -2.33. The summed E-state index contributed by atoms with van der Waals surface area (Å²) in [4.78, 5) is 23.1. The van der Waals surface area contributed by atoms with E-state index in [1.54, 1.807) is 24.0 Å². The Kier molecular flexibility index (Phi) is 5.40. The van der Waals surface area contributed by atoms with Gasteiger partial charge in [0.15, 0.2) is 9.84 Å². The van der Waals surface area contributed by atoms with Gasteiger partial charge in [-0.1, -0.05) is 12.1 Å². The molecule has 3 aromatic carbocycles. The molecule has 1 aliphatic rings. The minimum absolute atomic E-state index is 0.145. The standard InChI is InChI=1S/C26H25N3O4S/c1-16-12-21(34(3,31)32)6-7-22(16)26(30)29-10-11-33-25-9-5-18(13-20(25)15-29)19-4-8-23-24(14-19)28-17(2)27-23/h4-9,12-14H,10-11,15H2,1-3H3,(H,27,28). The third kappa shape index (κ3) is 4.17. The van der Waals surface area contributed by atoms with Gasteiger partial charge in [-0.2, -0.15) is 0 Å². The van der Waals surface area contributed by atoms with Crippen molar-refractivity contribution in [2.24, 2.45) is 0 Å². The molecule has 7 nitrogen and oxygen atoms in total. The van der Waals surface area contributed by atoms with Gasteiger partial charge in [0.25, 0.3) is 5.91 Å². The Balaban J connectivity index is 1.45. The summed E-state index contributed by atoms with van der Waals surface area (Å²) in [6.07, 6.45) is 1.16. The molecule has 34 heavy (non-hydrogen) atoms. The molecule has 0 atom stereocenters. The second-order valence-electron chi connectivity index (χ2n) is 8.70. The van der Waals surface area contributed by atoms with Crippen molar-refractivity contribution >= 4 is 26.8 Å². The number of carbonyl (C=O) groups is 1. The van der Waals surface area contributed by atoms with E-state index in [9.17, 15) is 13.2 Å². The van der Waals surface area contributed by atoms with Crippen molar-refractivity contribution in [2.75, 3.05) is 19.4 Å². The molecular weight excluding hydrogens is 450 g/mol. The number of sulfone groups is 1. The molecule has 1 aromatic heterocycles. The van der Waals surface area contributed by atoms with Gasteiger partial charge in [0.1, 0.15) is 18.2 Å². The average Bonchev–Trinajstić information content (AvgIpc) is 3.03. The smallest absolute Gasteiger partial charge is 0.254 e. The Hall–Kier alpha value is -3.65. The van der Waals surface area contributed by atoms with E-state index in [1.807, 2.05) is 31.2 Å². The number of carbonyl (C=O) groups excluding carboxylic acids is 1. The molecule has 4 aromatic rings. The fraction of sp³-hybridized carbons (Fsp3) is 0.231. The number of benzene rings is 3. The Bertz CT molecular complexity index is 1540. The largest absolute Gasteiger partial charge is 0.491 e. The van der Waals surface area contributed by atoms with Crippen LogP contribution in [0.5, 0.6) is 5.75 Å². The van der Waals surface area contributed by atoms with Crippen LogP contribution in [0, 0.1) is 13.8 Å². The highest BCUT2D eigenvalue weighted by Gasteiger charge is 2.23. The summed E-state index contributed by atoms with van der Waals surface area (Å²) in [6, 6.07) is 16.8. The van der Waals surface area contributed by atoms with Crippen molar-refractivity contribution in [2.45, 2.75) is 25.3 Å². The summed E-state index contributed by atoms with van der Waals surface area (Å²) in [6.45, 7) is 4.92. The number of hydrogen-bond donors (Lipinski definition) is 1. The Morgan fingerprint density at radius 1 is 1.03 bits per heavy atom. The number of imidazole rings is 1. The van der Waals surface area contributed by atoms with Gasteiger partial charge in [-0.3, -0.25) is 4.79 Å². The van der Waals surface area contributed by atoms with E-state index in [0.29, 0.717) is 30.8 Å². The molecule has 0 spiro atoms. The highest BCUT2D eigenvalue weighted by atomic mass is 32.2. The molecule has 8 heteroatoms. The van der Waals surface area contributed by atoms with Gasteiger partial charge in [0.2, 0.25) is 0 Å². The lowest BCUT2D eigenvalue weighted by atomic mass is 10.0. The van der Waals surface area contributed by atoms with E-state index in [1.165, 1.54) is 6.07 Å². The summed E-state index contributed by atoms with van der Waals surface area (Å²) in [5.41, 5.74) is 6.03. The summed E-state index contributed by atoms with van der Waals surface area (Å²) >= 11 is 0. The number of aromatic nitrogens is 2. The molecule has 0 aliphatic carbocycles. The Labute approximate surface area is 198 Å². The normalized spacial score (nSPS) is 13.9. The molecule has 1 amide bonds. The second kappa shape index (κ2) is 8.29. The topological polar surface area (TPSA) is 92.4 Å². The SMILES string of the molecule is Cc1nc2ccc(-c3ccc4c(c3)CN(C(=O)c3ccc(S(C)(=O)=O)cc3C)CCO4)cc2[nH]1. The van der Waals surface area contributed by atoms with E-state index in [-0.39, 0.29) is 10.8 Å². The highest BCUT2D eigenvalue weighted by Crippen LogP contribution is 2.31. The van der Waals surface area contributed by atoms with Gasteiger partial charge in [0, 0.05) is 23.9 Å². The number of nitrogens with one attached hydrogen (secondary N) is 1. The van der Waals surface area contributed by atoms with Crippen LogP contribution in [0.15, 0.2) is 59.5 Å². The van der Waals surface area contributed by atoms with Crippen LogP contribution in [0.2, 0.25) is 0 Å². The molecule has 0 fully saturated rings. The van der Waals surface area contributed by atoms with Crippen molar-refractivity contribution < 1.29 is 17.9 Å². The van der Waals surface area contributed by atoms with Gasteiger partial charge < -0.3 is 14.6 Å². The first-order chi connectivity index (χ1) is 16.2. The zero-order valence-electron chi connectivity index (χ0n) is 19.3. The number of rotatable bonds is 3. The molecule has 0 bridgehead atoms. The highest BCUT2D eigenvalue weighted by molar-refractivity contribution is 7.90. The van der Waals surface area contributed by atoms with Crippen LogP contribution in [-0.4, -0.2) is 48.6 Å². The Morgan fingerprint density at radius 2 is 1.79 bits per heavy atom. The van der Waals surface area contributed by atoms with Crippen LogP contribution in [0.25, 0.3) is 22.2 Å². The zero-order valence-corrected chi connectivity index (χ0v) is 20.1. The number of fused-ring (bicyclic) bond motifs is 2. The van der Waals surface area contributed by atoms with Crippen LogP contribution >= 0.6 is 0 Å². The van der Waals surface area contributed by atoms with Crippen LogP contribution < -0.4 is 4.74 Å². The molecule has 5 rings (SSSR count). The molecule has 0 saturated carbocycles. The van der Waals surface area contributed by atoms with Gasteiger partial charge in [-0.05, 0) is 73.0 Å². The van der Waals surface area contributed by atoms with Crippen molar-refractivity contribution in [3.63, 3.8) is 0 Å². The quantitative estimate of drug-likeness (QED) is 0.477. The minimum atomic E-state index is -3.33. The van der Waals surface area contributed by atoms with Crippen LogP contribution in [0.3, 0.4) is 0 Å². The molecule has 2 heterocycles. The average molecular weight is 476 g/mol. The number of H-pyrrole nitrogens is 1. The predicted octanol–water partition coefficient (Wildman–Crippen LogP) is 4.29. The van der Waals surface area contributed by atoms with Crippen molar-refractivity contribution in [3.05, 3.63) is 77.1 Å². The first-order valence-corrected chi connectivity index (χ1v) is 12.9. The maximum atomic E-state index is 13.4. The number of aryl methyl sites for hydroxylation is 2.